The van der Waals surface area contributed by atoms with E-state index in [4.69, 9.17) is 0 Å². The van der Waals surface area contributed by atoms with Crippen molar-refractivity contribution in [1.82, 2.24) is 0 Å². The second kappa shape index (κ2) is 10.7. The molecule has 0 atom stereocenters. The fraction of sp³-hybridized carbons (Fsp3) is 0.176. The number of nitrogens with zero attached hydrogens (tertiary/aromatic N) is 1. The summed E-state index contributed by atoms with van der Waals surface area (Å²) in [6, 6.07) is 57.1. The van der Waals surface area contributed by atoms with E-state index in [-0.39, 0.29) is 16.2 Å². The number of anilines is 3. The van der Waals surface area contributed by atoms with Crippen LogP contribution in [0.2, 0.25) is 0 Å². The average Bonchev–Trinajstić information content (AvgIpc) is 3.64. The van der Waals surface area contributed by atoms with Gasteiger partial charge in [-0.25, -0.2) is 0 Å². The number of hydrogen-bond donors (Lipinski definition) is 0. The van der Waals surface area contributed by atoms with Crippen molar-refractivity contribution in [1.29, 1.82) is 0 Å². The van der Waals surface area contributed by atoms with E-state index < -0.39 is 0 Å². The zero-order valence-corrected chi connectivity index (χ0v) is 30.9. The van der Waals surface area contributed by atoms with E-state index in [0.717, 1.165) is 0 Å². The van der Waals surface area contributed by atoms with Gasteiger partial charge in [0.1, 0.15) is 0 Å². The molecule has 0 aromatic heterocycles. The molecule has 0 spiro atoms. The third-order valence-corrected chi connectivity index (χ3v) is 12.7. The van der Waals surface area contributed by atoms with Gasteiger partial charge in [-0.1, -0.05) is 151 Å². The van der Waals surface area contributed by atoms with Crippen LogP contribution in [0, 0.1) is 0 Å². The van der Waals surface area contributed by atoms with Crippen LogP contribution in [0.3, 0.4) is 0 Å². The summed E-state index contributed by atoms with van der Waals surface area (Å²) in [6.07, 6.45) is 0. The van der Waals surface area contributed by atoms with Crippen LogP contribution >= 0.6 is 0 Å². The molecule has 1 nitrogen and oxygen atoms in total. The van der Waals surface area contributed by atoms with Crippen LogP contribution in [0.1, 0.15) is 74.9 Å². The van der Waals surface area contributed by atoms with Crippen molar-refractivity contribution in [2.45, 2.75) is 57.8 Å². The number of fused-ring (bicyclic) bond motifs is 9. The summed E-state index contributed by atoms with van der Waals surface area (Å²) < 4.78 is 0. The first-order valence-electron chi connectivity index (χ1n) is 18.7. The van der Waals surface area contributed by atoms with Gasteiger partial charge in [0.05, 0.1) is 0 Å². The van der Waals surface area contributed by atoms with Crippen molar-refractivity contribution in [3.8, 4) is 44.5 Å². The molecule has 0 aliphatic heterocycles. The highest BCUT2D eigenvalue weighted by Gasteiger charge is 2.39. The molecule has 0 fully saturated rings. The Hall–Kier alpha value is -5.66. The average molecular weight is 670 g/mol. The van der Waals surface area contributed by atoms with Crippen LogP contribution in [0.5, 0.6) is 0 Å². The van der Waals surface area contributed by atoms with Gasteiger partial charge >= 0.3 is 0 Å². The van der Waals surface area contributed by atoms with Crippen molar-refractivity contribution in [2.24, 2.45) is 0 Å². The Morgan fingerprint density at radius 2 is 0.635 bits per heavy atom. The SMILES string of the molecule is CC1(C)c2ccccc2-c2ccc(N(c3ccc4c(c3)C(C)(C)c3ccccc3-4)c3ccc4c(c3)C(C)(C)c3cc(-c5ccccc5)ccc3-4)cc21. The fourth-order valence-corrected chi connectivity index (χ4v) is 9.78. The first-order valence-corrected chi connectivity index (χ1v) is 18.7. The molecular formula is C51H43N. The molecule has 0 saturated carbocycles. The summed E-state index contributed by atoms with van der Waals surface area (Å²) in [6.45, 7) is 14.3. The van der Waals surface area contributed by atoms with Gasteiger partial charge < -0.3 is 4.90 Å². The lowest BCUT2D eigenvalue weighted by molar-refractivity contribution is 0.659. The summed E-state index contributed by atoms with van der Waals surface area (Å²) in [5.41, 5.74) is 22.1. The van der Waals surface area contributed by atoms with E-state index in [2.05, 4.69) is 198 Å². The van der Waals surface area contributed by atoms with Gasteiger partial charge in [0.2, 0.25) is 0 Å². The first-order chi connectivity index (χ1) is 25.0. The smallest absolute Gasteiger partial charge is 0.0465 e. The van der Waals surface area contributed by atoms with E-state index in [9.17, 15) is 0 Å². The molecule has 0 radical (unpaired) electrons. The molecule has 252 valence electrons. The molecule has 7 aromatic carbocycles. The van der Waals surface area contributed by atoms with E-state index in [1.54, 1.807) is 0 Å². The quantitative estimate of drug-likeness (QED) is 0.180. The second-order valence-corrected chi connectivity index (χ2v) is 16.6. The van der Waals surface area contributed by atoms with Crippen LogP contribution in [0.15, 0.2) is 152 Å². The maximum Gasteiger partial charge on any atom is 0.0465 e. The first kappa shape index (κ1) is 31.1. The Morgan fingerprint density at radius 1 is 0.288 bits per heavy atom. The van der Waals surface area contributed by atoms with Crippen LogP contribution < -0.4 is 4.90 Å². The molecule has 0 saturated heterocycles. The van der Waals surface area contributed by atoms with E-state index >= 15 is 0 Å². The van der Waals surface area contributed by atoms with Gasteiger partial charge in [0, 0.05) is 33.3 Å². The lowest BCUT2D eigenvalue weighted by Gasteiger charge is -2.31. The third kappa shape index (κ3) is 4.23. The maximum atomic E-state index is 2.51. The number of hydrogen-bond acceptors (Lipinski definition) is 1. The highest BCUT2D eigenvalue weighted by molar-refractivity contribution is 5.91. The van der Waals surface area contributed by atoms with Gasteiger partial charge in [-0.2, -0.15) is 0 Å². The predicted octanol–water partition coefficient (Wildman–Crippen LogP) is 13.7. The minimum Gasteiger partial charge on any atom is -0.310 e. The van der Waals surface area contributed by atoms with Crippen molar-refractivity contribution in [2.75, 3.05) is 4.90 Å². The Kier molecular flexibility index (Phi) is 6.39. The molecule has 0 amide bonds. The summed E-state index contributed by atoms with van der Waals surface area (Å²) in [7, 11) is 0. The molecule has 0 N–H and O–H groups in total. The maximum absolute atomic E-state index is 2.51. The Balaban J connectivity index is 1.15. The van der Waals surface area contributed by atoms with Gasteiger partial charge in [-0.05, 0) is 120 Å². The second-order valence-electron chi connectivity index (χ2n) is 16.6. The van der Waals surface area contributed by atoms with Crippen molar-refractivity contribution in [3.63, 3.8) is 0 Å². The zero-order chi connectivity index (χ0) is 35.6. The lowest BCUT2D eigenvalue weighted by Crippen LogP contribution is -2.19. The highest BCUT2D eigenvalue weighted by atomic mass is 15.1. The molecule has 10 rings (SSSR count). The molecule has 3 aliphatic rings. The number of rotatable bonds is 4. The topological polar surface area (TPSA) is 3.24 Å². The van der Waals surface area contributed by atoms with Crippen LogP contribution in [0.25, 0.3) is 44.5 Å². The summed E-state index contributed by atoms with van der Waals surface area (Å²) >= 11 is 0. The Morgan fingerprint density at radius 3 is 1.10 bits per heavy atom. The standard InChI is InChI=1S/C51H43N/c1-49(2)43-18-12-10-16-37(43)40-25-21-34(29-46(40)49)52(35-22-26-41-38-17-11-13-19-44(38)50(3,4)47(41)30-35)36-23-27-42-39-24-20-33(32-14-8-7-9-15-32)28-45(39)51(5,6)48(42)31-36/h7-31H,1-6H3. The summed E-state index contributed by atoms with van der Waals surface area (Å²) in [5, 5.41) is 0. The van der Waals surface area contributed by atoms with E-state index in [1.807, 2.05) is 0 Å². The third-order valence-electron chi connectivity index (χ3n) is 12.7. The Bertz CT molecular complexity index is 2490. The molecule has 1 heteroatoms. The normalized spacial score (nSPS) is 16.0. The lowest BCUT2D eigenvalue weighted by atomic mass is 9.81. The summed E-state index contributed by atoms with van der Waals surface area (Å²) in [4.78, 5) is 2.51. The molecule has 52 heavy (non-hydrogen) atoms. The molecule has 0 unspecified atom stereocenters. The monoisotopic (exact) mass is 669 g/mol. The fourth-order valence-electron chi connectivity index (χ4n) is 9.78. The molecule has 0 bridgehead atoms. The number of benzene rings is 7. The van der Waals surface area contributed by atoms with Gasteiger partial charge in [0.25, 0.3) is 0 Å². The van der Waals surface area contributed by atoms with E-state index in [1.165, 1.54) is 95.0 Å². The molecule has 3 aliphatic carbocycles. The minimum absolute atomic E-state index is 0.0901. The van der Waals surface area contributed by atoms with Crippen molar-refractivity contribution in [3.05, 3.63) is 185 Å². The van der Waals surface area contributed by atoms with Crippen LogP contribution in [-0.4, -0.2) is 0 Å². The van der Waals surface area contributed by atoms with Gasteiger partial charge in [-0.15, -0.1) is 0 Å². The summed E-state index contributed by atoms with van der Waals surface area (Å²) in [5.74, 6) is 0. The van der Waals surface area contributed by atoms with Crippen molar-refractivity contribution < 1.29 is 0 Å². The van der Waals surface area contributed by atoms with Crippen LogP contribution in [-0.2, 0) is 16.2 Å². The molecule has 7 aromatic rings. The van der Waals surface area contributed by atoms with Crippen molar-refractivity contribution >= 4 is 17.1 Å². The highest BCUT2D eigenvalue weighted by Crippen LogP contribution is 2.55. The van der Waals surface area contributed by atoms with Crippen LogP contribution in [0.4, 0.5) is 17.1 Å². The zero-order valence-electron chi connectivity index (χ0n) is 30.9. The molecule has 0 heterocycles. The largest absolute Gasteiger partial charge is 0.310 e. The van der Waals surface area contributed by atoms with Gasteiger partial charge in [0.15, 0.2) is 0 Å². The van der Waals surface area contributed by atoms with Gasteiger partial charge in [-0.3, -0.25) is 0 Å². The predicted molar refractivity (Wildman–Crippen MR) is 219 cm³/mol. The van der Waals surface area contributed by atoms with E-state index in [0.29, 0.717) is 0 Å². The molecular weight excluding hydrogens is 627 g/mol. The Labute approximate surface area is 308 Å². The minimum atomic E-state index is -0.153.